The van der Waals surface area contributed by atoms with E-state index in [1.807, 2.05) is 44.2 Å². The summed E-state index contributed by atoms with van der Waals surface area (Å²) in [4.78, 5) is 30.7. The van der Waals surface area contributed by atoms with Gasteiger partial charge in [0, 0.05) is 40.7 Å². The average molecular weight is 403 g/mol. The van der Waals surface area contributed by atoms with E-state index in [2.05, 4.69) is 15.6 Å². The molecule has 1 amide bonds. The van der Waals surface area contributed by atoms with Crippen LogP contribution in [0.5, 0.6) is 5.75 Å². The van der Waals surface area contributed by atoms with Gasteiger partial charge in [-0.05, 0) is 44.4 Å². The Morgan fingerprint density at radius 2 is 1.97 bits per heavy atom. The molecule has 2 aliphatic rings. The third-order valence-electron chi connectivity index (χ3n) is 5.62. The highest BCUT2D eigenvalue weighted by atomic mass is 16.5. The fourth-order valence-electron chi connectivity index (χ4n) is 4.23. The number of para-hydroxylation sites is 1. The van der Waals surface area contributed by atoms with Crippen LogP contribution in [-0.2, 0) is 9.59 Å². The van der Waals surface area contributed by atoms with Gasteiger partial charge in [-0.25, -0.2) is 4.98 Å². The number of carbonyl (C=O) groups excluding carboxylic acids is 2. The summed E-state index contributed by atoms with van der Waals surface area (Å²) in [5.41, 5.74) is 4.64. The molecule has 0 spiro atoms. The molecule has 1 aromatic carbocycles. The summed E-state index contributed by atoms with van der Waals surface area (Å²) < 4.78 is 5.59. The van der Waals surface area contributed by atoms with Crippen molar-refractivity contribution >= 4 is 17.5 Å². The second-order valence-electron chi connectivity index (χ2n) is 7.68. The fraction of sp³-hybridized carbons (Fsp3) is 0.292. The predicted molar refractivity (Wildman–Crippen MR) is 115 cm³/mol. The smallest absolute Gasteiger partial charge is 0.255 e. The number of ether oxygens (including phenoxy) is 1. The maximum atomic E-state index is 13.4. The molecule has 0 radical (unpaired) electrons. The third kappa shape index (κ3) is 3.61. The zero-order valence-corrected chi connectivity index (χ0v) is 17.4. The molecular weight excluding hydrogens is 378 g/mol. The monoisotopic (exact) mass is 403 g/mol. The van der Waals surface area contributed by atoms with Crippen molar-refractivity contribution in [1.82, 2.24) is 10.3 Å². The van der Waals surface area contributed by atoms with Gasteiger partial charge >= 0.3 is 0 Å². The highest BCUT2D eigenvalue weighted by Crippen LogP contribution is 2.45. The summed E-state index contributed by atoms with van der Waals surface area (Å²) in [6.45, 7) is 3.82. The fourth-order valence-corrected chi connectivity index (χ4v) is 4.23. The lowest BCUT2D eigenvalue weighted by Crippen LogP contribution is -2.35. The summed E-state index contributed by atoms with van der Waals surface area (Å²) in [7, 11) is 1.60. The van der Waals surface area contributed by atoms with E-state index in [9.17, 15) is 9.59 Å². The van der Waals surface area contributed by atoms with Gasteiger partial charge in [0.2, 0.25) is 0 Å². The Labute approximate surface area is 176 Å². The number of carbonyl (C=O) groups is 2. The molecule has 0 saturated carbocycles. The first-order valence-electron chi connectivity index (χ1n) is 10.1. The van der Waals surface area contributed by atoms with E-state index in [4.69, 9.17) is 4.74 Å². The normalized spacial score (nSPS) is 18.6. The van der Waals surface area contributed by atoms with Crippen molar-refractivity contribution in [1.29, 1.82) is 0 Å². The number of pyridine rings is 1. The van der Waals surface area contributed by atoms with E-state index in [0.29, 0.717) is 29.1 Å². The number of nitrogens with zero attached hydrogens (tertiary/aromatic N) is 1. The number of rotatable bonds is 4. The van der Waals surface area contributed by atoms with Crippen LogP contribution in [0.3, 0.4) is 0 Å². The Hall–Kier alpha value is -3.41. The molecule has 2 N–H and O–H groups in total. The van der Waals surface area contributed by atoms with Gasteiger partial charge < -0.3 is 15.4 Å². The van der Waals surface area contributed by atoms with Crippen LogP contribution < -0.4 is 15.4 Å². The highest BCUT2D eigenvalue weighted by Gasteiger charge is 2.39. The van der Waals surface area contributed by atoms with E-state index in [1.54, 1.807) is 19.4 Å². The third-order valence-corrected chi connectivity index (χ3v) is 5.62. The topological polar surface area (TPSA) is 80.3 Å². The Kier molecular flexibility index (Phi) is 5.40. The van der Waals surface area contributed by atoms with Crippen LogP contribution >= 0.6 is 0 Å². The molecule has 1 aromatic heterocycles. The molecule has 4 rings (SSSR count). The van der Waals surface area contributed by atoms with Crippen LogP contribution in [0, 0.1) is 6.92 Å². The number of ketones is 1. The van der Waals surface area contributed by atoms with Crippen LogP contribution in [0.1, 0.15) is 43.2 Å². The number of allylic oxidation sites excluding steroid dienone is 3. The molecular formula is C24H25N3O3. The summed E-state index contributed by atoms with van der Waals surface area (Å²) in [5.74, 6) is 0.430. The number of amides is 1. The lowest BCUT2D eigenvalue weighted by molar-refractivity contribution is -0.116. The molecule has 154 valence electrons. The van der Waals surface area contributed by atoms with Crippen molar-refractivity contribution < 1.29 is 14.3 Å². The summed E-state index contributed by atoms with van der Waals surface area (Å²) >= 11 is 0. The van der Waals surface area contributed by atoms with Gasteiger partial charge in [0.1, 0.15) is 11.6 Å². The number of hydrogen-bond donors (Lipinski definition) is 2. The minimum Gasteiger partial charge on any atom is -0.496 e. The SMILES string of the molecule is COc1ccccc1C1C(C(=O)Nc2ccc(C)cn2)=C(C)NC2=C1C(=O)CCC2. The minimum absolute atomic E-state index is 0.0749. The van der Waals surface area contributed by atoms with Gasteiger partial charge in [-0.1, -0.05) is 24.3 Å². The zero-order chi connectivity index (χ0) is 21.3. The first kappa shape index (κ1) is 19.9. The number of dihydropyridines is 1. The molecule has 0 fully saturated rings. The first-order chi connectivity index (χ1) is 14.5. The highest BCUT2D eigenvalue weighted by molar-refractivity contribution is 6.09. The molecule has 2 aromatic rings. The Morgan fingerprint density at radius 1 is 1.17 bits per heavy atom. The molecule has 1 aliphatic heterocycles. The van der Waals surface area contributed by atoms with E-state index in [1.165, 1.54) is 0 Å². The summed E-state index contributed by atoms with van der Waals surface area (Å²) in [6, 6.07) is 11.2. The zero-order valence-electron chi connectivity index (χ0n) is 17.4. The average Bonchev–Trinajstić information content (AvgIpc) is 2.74. The second kappa shape index (κ2) is 8.14. The number of aromatic nitrogens is 1. The largest absolute Gasteiger partial charge is 0.496 e. The molecule has 30 heavy (non-hydrogen) atoms. The molecule has 6 heteroatoms. The Bertz CT molecular complexity index is 1070. The van der Waals surface area contributed by atoms with E-state index in [0.717, 1.165) is 35.4 Å². The van der Waals surface area contributed by atoms with Gasteiger partial charge in [-0.3, -0.25) is 9.59 Å². The van der Waals surface area contributed by atoms with Crippen LogP contribution in [0.25, 0.3) is 0 Å². The van der Waals surface area contributed by atoms with Gasteiger partial charge in [0.25, 0.3) is 5.91 Å². The molecule has 1 aliphatic carbocycles. The number of anilines is 1. The molecule has 1 atom stereocenters. The van der Waals surface area contributed by atoms with Crippen LogP contribution in [0.4, 0.5) is 5.82 Å². The number of hydrogen-bond acceptors (Lipinski definition) is 5. The second-order valence-corrected chi connectivity index (χ2v) is 7.68. The maximum absolute atomic E-state index is 13.4. The van der Waals surface area contributed by atoms with E-state index >= 15 is 0 Å². The lowest BCUT2D eigenvalue weighted by Gasteiger charge is -2.35. The number of aryl methyl sites for hydroxylation is 1. The van der Waals surface area contributed by atoms with Crippen molar-refractivity contribution in [2.24, 2.45) is 0 Å². The van der Waals surface area contributed by atoms with Gasteiger partial charge in [0.05, 0.1) is 13.0 Å². The Balaban J connectivity index is 1.81. The summed E-state index contributed by atoms with van der Waals surface area (Å²) in [5, 5.41) is 6.22. The van der Waals surface area contributed by atoms with E-state index < -0.39 is 5.92 Å². The van der Waals surface area contributed by atoms with Crippen LogP contribution in [0.2, 0.25) is 0 Å². The van der Waals surface area contributed by atoms with Gasteiger partial charge in [0.15, 0.2) is 5.78 Å². The predicted octanol–water partition coefficient (Wildman–Crippen LogP) is 4.01. The molecule has 0 bridgehead atoms. The number of nitrogens with one attached hydrogen (secondary N) is 2. The standard InChI is InChI=1S/C24H25N3O3/c1-14-11-12-20(25-13-14)27-24(29)21-15(2)26-17-8-6-9-18(28)23(17)22(21)16-7-4-5-10-19(16)30-3/h4-5,7,10-13,22,26H,6,8-9H2,1-3H3,(H,25,27,29). The lowest BCUT2D eigenvalue weighted by atomic mass is 9.74. The van der Waals surface area contributed by atoms with Gasteiger partial charge in [-0.15, -0.1) is 0 Å². The van der Waals surface area contributed by atoms with Crippen molar-refractivity contribution in [3.63, 3.8) is 0 Å². The molecule has 6 nitrogen and oxygen atoms in total. The van der Waals surface area contributed by atoms with Crippen molar-refractivity contribution in [3.05, 3.63) is 76.3 Å². The molecule has 2 heterocycles. The Morgan fingerprint density at radius 3 is 2.70 bits per heavy atom. The molecule has 0 saturated heterocycles. The van der Waals surface area contributed by atoms with Crippen LogP contribution in [-0.4, -0.2) is 23.8 Å². The van der Waals surface area contributed by atoms with Crippen LogP contribution in [0.15, 0.2) is 65.1 Å². The van der Waals surface area contributed by atoms with E-state index in [-0.39, 0.29) is 11.7 Å². The first-order valence-corrected chi connectivity index (χ1v) is 10.1. The summed E-state index contributed by atoms with van der Waals surface area (Å²) in [6.07, 6.45) is 3.79. The van der Waals surface area contributed by atoms with Crippen molar-refractivity contribution in [3.8, 4) is 5.75 Å². The quantitative estimate of drug-likeness (QED) is 0.806. The minimum atomic E-state index is -0.490. The number of methoxy groups -OCH3 is 1. The number of Topliss-reactive ketones (excluding diaryl/α,β-unsaturated/α-hetero) is 1. The number of benzene rings is 1. The van der Waals surface area contributed by atoms with Crippen molar-refractivity contribution in [2.45, 2.75) is 39.0 Å². The molecule has 1 unspecified atom stereocenters. The van der Waals surface area contributed by atoms with Crippen molar-refractivity contribution in [2.75, 3.05) is 12.4 Å². The van der Waals surface area contributed by atoms with Gasteiger partial charge in [-0.2, -0.15) is 0 Å². The maximum Gasteiger partial charge on any atom is 0.255 e.